The maximum atomic E-state index is 11.3. The van der Waals surface area contributed by atoms with E-state index >= 15 is 0 Å². The van der Waals surface area contributed by atoms with Gasteiger partial charge in [0.15, 0.2) is 0 Å². The predicted octanol–water partition coefficient (Wildman–Crippen LogP) is 2.65. The highest BCUT2D eigenvalue weighted by Crippen LogP contribution is 2.32. The molecule has 0 unspecified atom stereocenters. The van der Waals surface area contributed by atoms with Crippen LogP contribution in [0.25, 0.3) is 10.9 Å². The highest BCUT2D eigenvalue weighted by atomic mass is 16.6. The number of aromatic nitrogens is 3. The lowest BCUT2D eigenvalue weighted by molar-refractivity contribution is -0.383. The molecule has 0 saturated carbocycles. The fourth-order valence-corrected chi connectivity index (χ4v) is 3.37. The van der Waals surface area contributed by atoms with Crippen LogP contribution in [0.15, 0.2) is 48.9 Å². The summed E-state index contributed by atoms with van der Waals surface area (Å²) in [5.41, 5.74) is 1.69. The van der Waals surface area contributed by atoms with E-state index < -0.39 is 0 Å². The molecule has 26 heavy (non-hydrogen) atoms. The molecule has 3 heterocycles. The van der Waals surface area contributed by atoms with Gasteiger partial charge in [-0.15, -0.1) is 0 Å². The third kappa shape index (κ3) is 3.01. The number of benzene rings is 1. The number of nitro groups is 1. The van der Waals surface area contributed by atoms with Crippen molar-refractivity contribution >= 4 is 28.2 Å². The van der Waals surface area contributed by atoms with E-state index in [0.717, 1.165) is 44.2 Å². The minimum absolute atomic E-state index is 0.0889. The van der Waals surface area contributed by atoms with Gasteiger partial charge in [0, 0.05) is 50.8 Å². The quantitative estimate of drug-likeness (QED) is 0.530. The number of nitrogens with zero attached hydrogens (tertiary/aromatic N) is 6. The second-order valence-electron chi connectivity index (χ2n) is 6.14. The molecule has 3 aromatic rings. The van der Waals surface area contributed by atoms with Gasteiger partial charge in [0.25, 0.3) is 5.69 Å². The van der Waals surface area contributed by atoms with E-state index in [0.29, 0.717) is 10.9 Å². The molecule has 0 amide bonds. The van der Waals surface area contributed by atoms with E-state index in [9.17, 15) is 10.1 Å². The van der Waals surface area contributed by atoms with Crippen LogP contribution < -0.4 is 9.80 Å². The van der Waals surface area contributed by atoms with E-state index in [2.05, 4.69) is 24.8 Å². The van der Waals surface area contributed by atoms with Crippen molar-refractivity contribution in [3.63, 3.8) is 0 Å². The van der Waals surface area contributed by atoms with Gasteiger partial charge < -0.3 is 9.80 Å². The predicted molar refractivity (Wildman–Crippen MR) is 99.5 cm³/mol. The molecule has 0 spiro atoms. The van der Waals surface area contributed by atoms with Crippen molar-refractivity contribution in [3.05, 3.63) is 59.0 Å². The number of fused-ring (bicyclic) bond motifs is 1. The number of hydrogen-bond donors (Lipinski definition) is 0. The number of nitro benzene ring substituents is 1. The number of hydrogen-bond acceptors (Lipinski definition) is 7. The molecule has 0 bridgehead atoms. The van der Waals surface area contributed by atoms with Gasteiger partial charge in [-0.25, -0.2) is 9.97 Å². The van der Waals surface area contributed by atoms with Crippen LogP contribution in [0, 0.1) is 10.1 Å². The van der Waals surface area contributed by atoms with Gasteiger partial charge in [0.1, 0.15) is 5.52 Å². The number of pyridine rings is 1. The molecule has 1 fully saturated rings. The molecule has 0 radical (unpaired) electrons. The average molecular weight is 350 g/mol. The van der Waals surface area contributed by atoms with Crippen LogP contribution in [0.5, 0.6) is 0 Å². The maximum absolute atomic E-state index is 11.3. The van der Waals surface area contributed by atoms with Gasteiger partial charge in [-0.3, -0.25) is 15.1 Å². The van der Waals surface area contributed by atoms with Crippen LogP contribution in [0.3, 0.4) is 0 Å². The van der Waals surface area contributed by atoms with Gasteiger partial charge in [-0.05, 0) is 30.7 Å². The Morgan fingerprint density at radius 3 is 2.42 bits per heavy atom. The fraction of sp³-hybridized carbons (Fsp3) is 0.278. The van der Waals surface area contributed by atoms with Gasteiger partial charge in [0.2, 0.25) is 5.95 Å². The molecular formula is C18H18N6O2. The average Bonchev–Trinajstić information content (AvgIpc) is 2.94. The lowest BCUT2D eigenvalue weighted by atomic mass is 10.1. The van der Waals surface area contributed by atoms with Crippen LogP contribution in [-0.4, -0.2) is 46.1 Å². The number of rotatable bonds is 3. The summed E-state index contributed by atoms with van der Waals surface area (Å²) in [6, 6.07) is 8.68. The molecule has 8 nitrogen and oxygen atoms in total. The molecule has 0 aliphatic carbocycles. The zero-order valence-corrected chi connectivity index (χ0v) is 14.2. The normalized spacial score (nSPS) is 15.1. The highest BCUT2D eigenvalue weighted by molar-refractivity contribution is 5.97. The van der Waals surface area contributed by atoms with Gasteiger partial charge in [-0.1, -0.05) is 0 Å². The fourth-order valence-electron chi connectivity index (χ4n) is 3.37. The summed E-state index contributed by atoms with van der Waals surface area (Å²) >= 11 is 0. The minimum atomic E-state index is -0.356. The van der Waals surface area contributed by atoms with Crippen LogP contribution >= 0.6 is 0 Å². The van der Waals surface area contributed by atoms with Crippen molar-refractivity contribution in [3.8, 4) is 0 Å². The summed E-state index contributed by atoms with van der Waals surface area (Å²) in [7, 11) is 0. The topological polar surface area (TPSA) is 88.3 Å². The van der Waals surface area contributed by atoms with Gasteiger partial charge in [-0.2, -0.15) is 0 Å². The minimum Gasteiger partial charge on any atom is -0.368 e. The van der Waals surface area contributed by atoms with Crippen LogP contribution in [0.2, 0.25) is 0 Å². The molecular weight excluding hydrogens is 332 g/mol. The Morgan fingerprint density at radius 2 is 1.62 bits per heavy atom. The van der Waals surface area contributed by atoms with Crippen molar-refractivity contribution in [2.45, 2.75) is 6.42 Å². The summed E-state index contributed by atoms with van der Waals surface area (Å²) in [5, 5.41) is 11.9. The van der Waals surface area contributed by atoms with Crippen molar-refractivity contribution in [2.24, 2.45) is 0 Å². The first kappa shape index (κ1) is 16.2. The van der Waals surface area contributed by atoms with Crippen LogP contribution in [0.4, 0.5) is 17.3 Å². The molecule has 4 rings (SSSR count). The molecule has 1 aliphatic rings. The molecule has 0 atom stereocenters. The van der Waals surface area contributed by atoms with Gasteiger partial charge >= 0.3 is 0 Å². The third-order valence-corrected chi connectivity index (χ3v) is 4.59. The van der Waals surface area contributed by atoms with Crippen LogP contribution in [-0.2, 0) is 0 Å². The molecule has 1 saturated heterocycles. The molecule has 8 heteroatoms. The Morgan fingerprint density at radius 1 is 0.885 bits per heavy atom. The zero-order valence-electron chi connectivity index (χ0n) is 14.2. The third-order valence-electron chi connectivity index (χ3n) is 4.59. The Bertz CT molecular complexity index is 933. The molecule has 0 N–H and O–H groups in total. The first-order valence-electron chi connectivity index (χ1n) is 8.53. The number of non-ortho nitro benzene ring substituents is 1. The Hall–Kier alpha value is -3.29. The zero-order chi connectivity index (χ0) is 17.9. The molecule has 2 aromatic heterocycles. The SMILES string of the molecule is O=[N+]([O-])c1ccc(N2CCCN(c3ncccn3)CC2)c2ncccc12. The van der Waals surface area contributed by atoms with E-state index in [-0.39, 0.29) is 10.6 Å². The van der Waals surface area contributed by atoms with Crippen molar-refractivity contribution in [2.75, 3.05) is 36.0 Å². The van der Waals surface area contributed by atoms with Crippen molar-refractivity contribution < 1.29 is 4.92 Å². The summed E-state index contributed by atoms with van der Waals surface area (Å²) in [6.07, 6.45) is 6.12. The van der Waals surface area contributed by atoms with Crippen molar-refractivity contribution in [1.29, 1.82) is 0 Å². The maximum Gasteiger partial charge on any atom is 0.278 e. The Kier molecular flexibility index (Phi) is 4.30. The van der Waals surface area contributed by atoms with Crippen LogP contribution in [0.1, 0.15) is 6.42 Å². The largest absolute Gasteiger partial charge is 0.368 e. The molecule has 132 valence electrons. The second kappa shape index (κ2) is 6.91. The highest BCUT2D eigenvalue weighted by Gasteiger charge is 2.21. The number of anilines is 2. The standard InChI is InChI=1S/C18H18N6O2/c25-24(26)15-5-6-16(17-14(15)4-1-7-19-17)22-10-3-11-23(13-12-22)18-20-8-2-9-21-18/h1-2,4-9H,3,10-13H2. The Labute approximate surface area is 150 Å². The van der Waals surface area contributed by atoms with E-state index in [1.165, 1.54) is 0 Å². The summed E-state index contributed by atoms with van der Waals surface area (Å²) < 4.78 is 0. The first-order valence-corrected chi connectivity index (χ1v) is 8.53. The monoisotopic (exact) mass is 350 g/mol. The van der Waals surface area contributed by atoms with Gasteiger partial charge in [0.05, 0.1) is 16.0 Å². The summed E-state index contributed by atoms with van der Waals surface area (Å²) in [6.45, 7) is 3.29. The smallest absolute Gasteiger partial charge is 0.278 e. The Balaban J connectivity index is 1.64. The lowest BCUT2D eigenvalue weighted by Crippen LogP contribution is -2.31. The first-order chi connectivity index (χ1) is 12.7. The summed E-state index contributed by atoms with van der Waals surface area (Å²) in [5.74, 6) is 0.737. The van der Waals surface area contributed by atoms with Crippen molar-refractivity contribution in [1.82, 2.24) is 15.0 Å². The van der Waals surface area contributed by atoms with E-state index in [4.69, 9.17) is 0 Å². The molecule has 1 aromatic carbocycles. The summed E-state index contributed by atoms with van der Waals surface area (Å²) in [4.78, 5) is 28.4. The lowest BCUT2D eigenvalue weighted by Gasteiger charge is -2.24. The van der Waals surface area contributed by atoms with E-state index in [1.807, 2.05) is 12.1 Å². The second-order valence-corrected chi connectivity index (χ2v) is 6.14. The van der Waals surface area contributed by atoms with E-state index in [1.54, 1.807) is 36.8 Å². The molecule has 1 aliphatic heterocycles.